The van der Waals surface area contributed by atoms with E-state index < -0.39 is 34.7 Å². The number of hydrogen-bond acceptors (Lipinski definition) is 4. The summed E-state index contributed by atoms with van der Waals surface area (Å²) in [5, 5.41) is 30.3. The fourth-order valence-corrected chi connectivity index (χ4v) is 2.39. The van der Waals surface area contributed by atoms with Crippen LogP contribution in [-0.4, -0.2) is 22.9 Å². The summed E-state index contributed by atoms with van der Waals surface area (Å²) in [6, 6.07) is 1.96. The van der Waals surface area contributed by atoms with Gasteiger partial charge in [-0.1, -0.05) is 25.7 Å². The molecule has 0 aromatic carbocycles. The number of hydrogen-bond donors (Lipinski definition) is 1. The maximum absolute atomic E-state index is 12.7. The number of nitrogens with zero attached hydrogens (tertiary/aromatic N) is 1. The van der Waals surface area contributed by atoms with E-state index in [0.717, 1.165) is 0 Å². The summed E-state index contributed by atoms with van der Waals surface area (Å²) in [6.45, 7) is 3.09. The molecule has 1 rings (SSSR count). The first-order valence-corrected chi connectivity index (χ1v) is 6.65. The van der Waals surface area contributed by atoms with E-state index in [0.29, 0.717) is 19.3 Å². The van der Waals surface area contributed by atoms with Crippen LogP contribution < -0.4 is 5.11 Å². The predicted molar refractivity (Wildman–Crippen MR) is 68.6 cm³/mol. The van der Waals surface area contributed by atoms with E-state index in [4.69, 9.17) is 0 Å². The van der Waals surface area contributed by atoms with Gasteiger partial charge >= 0.3 is 6.18 Å². The first-order valence-electron chi connectivity index (χ1n) is 6.65. The molecule has 0 aromatic heterocycles. The predicted octanol–water partition coefficient (Wildman–Crippen LogP) is 1.31. The van der Waals surface area contributed by atoms with Crippen molar-refractivity contribution in [1.29, 1.82) is 5.26 Å². The summed E-state index contributed by atoms with van der Waals surface area (Å²) in [5.41, 5.74) is -4.80. The number of nitriles is 1. The Morgan fingerprint density at radius 3 is 2.23 bits per heavy atom. The maximum Gasteiger partial charge on any atom is 0.424 e. The molecule has 0 spiro atoms. The van der Waals surface area contributed by atoms with Gasteiger partial charge in [0.05, 0.1) is 17.5 Å². The molecule has 0 radical (unpaired) electrons. The van der Waals surface area contributed by atoms with Gasteiger partial charge in [-0.2, -0.15) is 18.4 Å². The normalized spacial score (nSPS) is 20.2. The summed E-state index contributed by atoms with van der Waals surface area (Å²) < 4.78 is 38.2. The third-order valence-electron chi connectivity index (χ3n) is 3.94. The summed E-state index contributed by atoms with van der Waals surface area (Å²) in [5.74, 6) is 1.16. The SMILES string of the molecule is CC(C)C(O)(C#C/C(=C/C(=O)[O-])C(F)(F)F)C1(C#N)CCC1. The molecule has 1 aliphatic carbocycles. The van der Waals surface area contributed by atoms with E-state index in [1.165, 1.54) is 0 Å². The highest BCUT2D eigenvalue weighted by atomic mass is 19.4. The fourth-order valence-electron chi connectivity index (χ4n) is 2.39. The standard InChI is InChI=1S/C15H16F3NO3/c1-10(2)14(22,13(9-19)5-3-6-13)7-4-11(8-12(20)21)15(16,17)18/h8,10,22H,3,5-6H2,1-2H3,(H,20,21)/p-1/b11-8-. The molecule has 1 atom stereocenters. The Balaban J connectivity index is 3.33. The number of halogens is 3. The van der Waals surface area contributed by atoms with Gasteiger partial charge < -0.3 is 15.0 Å². The molecule has 1 unspecified atom stereocenters. The smallest absolute Gasteiger partial charge is 0.424 e. The van der Waals surface area contributed by atoms with Gasteiger partial charge in [-0.15, -0.1) is 0 Å². The third-order valence-corrected chi connectivity index (χ3v) is 3.94. The van der Waals surface area contributed by atoms with Crippen molar-refractivity contribution in [3.63, 3.8) is 0 Å². The molecule has 1 fully saturated rings. The minimum Gasteiger partial charge on any atom is -0.545 e. The topological polar surface area (TPSA) is 84.2 Å². The number of aliphatic carboxylic acids is 1. The van der Waals surface area contributed by atoms with Crippen molar-refractivity contribution in [3.05, 3.63) is 11.6 Å². The Morgan fingerprint density at radius 2 is 1.95 bits per heavy atom. The number of aliphatic hydroxyl groups is 1. The molecule has 1 aliphatic rings. The highest BCUT2D eigenvalue weighted by Crippen LogP contribution is 2.51. The first kappa shape index (κ1) is 18.1. The van der Waals surface area contributed by atoms with Gasteiger partial charge in [0, 0.05) is 0 Å². The van der Waals surface area contributed by atoms with Crippen LogP contribution in [0, 0.1) is 34.5 Å². The molecular formula is C15H15F3NO3-. The quantitative estimate of drug-likeness (QED) is 0.629. The van der Waals surface area contributed by atoms with Crippen LogP contribution in [-0.2, 0) is 4.79 Å². The van der Waals surface area contributed by atoms with E-state index in [9.17, 15) is 33.4 Å². The Kier molecular flexibility index (Phi) is 4.94. The molecule has 1 saturated carbocycles. The molecule has 0 heterocycles. The monoisotopic (exact) mass is 314 g/mol. The number of carboxylic acids is 1. The molecule has 0 amide bonds. The average Bonchev–Trinajstić information content (AvgIpc) is 2.31. The summed E-state index contributed by atoms with van der Waals surface area (Å²) in [4.78, 5) is 10.4. The lowest BCUT2D eigenvalue weighted by atomic mass is 9.56. The third kappa shape index (κ3) is 3.26. The minimum atomic E-state index is -4.98. The van der Waals surface area contributed by atoms with E-state index in [1.807, 2.05) is 6.07 Å². The van der Waals surface area contributed by atoms with E-state index in [2.05, 4.69) is 5.92 Å². The molecule has 4 nitrogen and oxygen atoms in total. The second-order valence-electron chi connectivity index (χ2n) is 5.59. The molecular weight excluding hydrogens is 299 g/mol. The minimum absolute atomic E-state index is 0.159. The zero-order chi connectivity index (χ0) is 17.2. The Hall–Kier alpha value is -1.99. The highest BCUT2D eigenvalue weighted by Gasteiger charge is 2.56. The first-order chi connectivity index (χ1) is 9.98. The van der Waals surface area contributed by atoms with Crippen LogP contribution in [0.3, 0.4) is 0 Å². The molecule has 0 aromatic rings. The van der Waals surface area contributed by atoms with Crippen molar-refractivity contribution < 1.29 is 28.2 Å². The van der Waals surface area contributed by atoms with Gasteiger partial charge in [0.15, 0.2) is 0 Å². The number of allylic oxidation sites excluding steroid dienone is 1. The number of carbonyl (C=O) groups is 1. The lowest BCUT2D eigenvalue weighted by Crippen LogP contribution is -2.54. The number of rotatable bonds is 3. The van der Waals surface area contributed by atoms with Crippen LogP contribution in [0.25, 0.3) is 0 Å². The van der Waals surface area contributed by atoms with E-state index in [-0.39, 0.29) is 6.08 Å². The van der Waals surface area contributed by atoms with Gasteiger partial charge in [-0.05, 0) is 31.3 Å². The lowest BCUT2D eigenvalue weighted by Gasteiger charge is -2.47. The largest absolute Gasteiger partial charge is 0.545 e. The zero-order valence-electron chi connectivity index (χ0n) is 12.1. The van der Waals surface area contributed by atoms with Crippen molar-refractivity contribution in [2.45, 2.75) is 44.9 Å². The molecule has 1 N–H and O–H groups in total. The molecule has 7 heteroatoms. The Labute approximate surface area is 126 Å². The molecule has 0 bridgehead atoms. The number of carbonyl (C=O) groups excluding carboxylic acids is 1. The number of carboxylic acid groups (broad SMARTS) is 1. The van der Waals surface area contributed by atoms with Gasteiger partial charge in [-0.25, -0.2) is 0 Å². The number of alkyl halides is 3. The van der Waals surface area contributed by atoms with Crippen LogP contribution in [0.4, 0.5) is 13.2 Å². The maximum atomic E-state index is 12.7. The van der Waals surface area contributed by atoms with Crippen molar-refractivity contribution in [3.8, 4) is 17.9 Å². The van der Waals surface area contributed by atoms with Gasteiger partial charge in [0.25, 0.3) is 0 Å². The second kappa shape index (κ2) is 6.02. The zero-order valence-corrected chi connectivity index (χ0v) is 12.1. The molecule has 22 heavy (non-hydrogen) atoms. The van der Waals surface area contributed by atoms with E-state index in [1.54, 1.807) is 19.8 Å². The van der Waals surface area contributed by atoms with Crippen LogP contribution in [0.2, 0.25) is 0 Å². The van der Waals surface area contributed by atoms with E-state index >= 15 is 0 Å². The van der Waals surface area contributed by atoms with Gasteiger partial charge in [0.2, 0.25) is 0 Å². The fraction of sp³-hybridized carbons (Fsp3) is 0.600. The van der Waals surface area contributed by atoms with Gasteiger partial charge in [-0.3, -0.25) is 0 Å². The van der Waals surface area contributed by atoms with Crippen molar-refractivity contribution in [1.82, 2.24) is 0 Å². The van der Waals surface area contributed by atoms with Gasteiger partial charge in [0.1, 0.15) is 11.2 Å². The van der Waals surface area contributed by atoms with Crippen molar-refractivity contribution >= 4 is 5.97 Å². The molecule has 0 saturated heterocycles. The summed E-state index contributed by atoms with van der Waals surface area (Å²) in [7, 11) is 0. The lowest BCUT2D eigenvalue weighted by molar-refractivity contribution is -0.297. The van der Waals surface area contributed by atoms with Crippen LogP contribution >= 0.6 is 0 Å². The second-order valence-corrected chi connectivity index (χ2v) is 5.59. The molecule has 120 valence electrons. The summed E-state index contributed by atoms with van der Waals surface area (Å²) >= 11 is 0. The molecule has 0 aliphatic heterocycles. The highest BCUT2D eigenvalue weighted by molar-refractivity contribution is 5.80. The van der Waals surface area contributed by atoms with Crippen LogP contribution in [0.5, 0.6) is 0 Å². The summed E-state index contributed by atoms with van der Waals surface area (Å²) in [6.07, 6.45) is -3.81. The average molecular weight is 314 g/mol. The van der Waals surface area contributed by atoms with Crippen molar-refractivity contribution in [2.24, 2.45) is 11.3 Å². The Bertz CT molecular complexity index is 586. The van der Waals surface area contributed by atoms with Crippen LogP contribution in [0.1, 0.15) is 33.1 Å². The van der Waals surface area contributed by atoms with Crippen LogP contribution in [0.15, 0.2) is 11.6 Å². The Morgan fingerprint density at radius 1 is 1.41 bits per heavy atom. The van der Waals surface area contributed by atoms with Crippen molar-refractivity contribution in [2.75, 3.05) is 0 Å².